The Bertz CT molecular complexity index is 364. The Balaban J connectivity index is 2.25. The van der Waals surface area contributed by atoms with E-state index < -0.39 is 0 Å². The molecule has 1 saturated heterocycles. The molecule has 2 nitrogen and oxygen atoms in total. The Morgan fingerprint density at radius 3 is 2.47 bits per heavy atom. The molecule has 1 aliphatic heterocycles. The lowest BCUT2D eigenvalue weighted by molar-refractivity contribution is 0.110. The van der Waals surface area contributed by atoms with Crippen LogP contribution in [0.1, 0.15) is 43.2 Å². The van der Waals surface area contributed by atoms with Gasteiger partial charge in [-0.05, 0) is 70.8 Å². The van der Waals surface area contributed by atoms with Crippen molar-refractivity contribution in [2.45, 2.75) is 45.2 Å². The molecule has 0 aromatic carbocycles. The number of rotatable bonds is 4. The molecule has 0 amide bonds. The number of aryl methyl sites for hydroxylation is 1. The van der Waals surface area contributed by atoms with E-state index in [-0.39, 0.29) is 5.54 Å². The molecular weight excluding hydrogens is 228 g/mol. The molecule has 2 rings (SSSR count). The molecule has 1 unspecified atom stereocenters. The molecule has 1 aromatic rings. The van der Waals surface area contributed by atoms with Crippen molar-refractivity contribution in [3.05, 3.63) is 21.9 Å². The van der Waals surface area contributed by atoms with Gasteiger partial charge in [0.15, 0.2) is 0 Å². The largest absolute Gasteiger partial charge is 0.311 e. The van der Waals surface area contributed by atoms with Crippen molar-refractivity contribution in [3.63, 3.8) is 0 Å². The highest BCUT2D eigenvalue weighted by Crippen LogP contribution is 2.36. The summed E-state index contributed by atoms with van der Waals surface area (Å²) in [4.78, 5) is 4.07. The van der Waals surface area contributed by atoms with Gasteiger partial charge in [-0.15, -0.1) is 11.3 Å². The quantitative estimate of drug-likeness (QED) is 0.885. The zero-order valence-corrected chi connectivity index (χ0v) is 12.2. The lowest BCUT2D eigenvalue weighted by Gasteiger charge is -2.42. The van der Waals surface area contributed by atoms with Crippen LogP contribution in [0.15, 0.2) is 11.4 Å². The monoisotopic (exact) mass is 252 g/mol. The second-order valence-electron chi connectivity index (χ2n) is 5.50. The van der Waals surface area contributed by atoms with Crippen molar-refractivity contribution in [1.82, 2.24) is 10.2 Å². The highest BCUT2D eigenvalue weighted by atomic mass is 32.1. The van der Waals surface area contributed by atoms with Crippen LogP contribution in [0.4, 0.5) is 0 Å². The summed E-state index contributed by atoms with van der Waals surface area (Å²) in [6.07, 6.45) is 2.70. The number of hydrogen-bond acceptors (Lipinski definition) is 3. The molecule has 0 spiro atoms. The Morgan fingerprint density at radius 2 is 2.00 bits per heavy atom. The molecular formula is C14H24N2S. The van der Waals surface area contributed by atoms with Crippen LogP contribution >= 0.6 is 11.3 Å². The average molecular weight is 252 g/mol. The maximum absolute atomic E-state index is 3.53. The fourth-order valence-electron chi connectivity index (χ4n) is 3.06. The molecule has 0 saturated carbocycles. The minimum atomic E-state index is 0.192. The zero-order valence-electron chi connectivity index (χ0n) is 11.4. The molecule has 1 atom stereocenters. The number of likely N-dealkylation sites (tertiary alicyclic amines) is 1. The number of nitrogens with one attached hydrogen (secondary N) is 1. The van der Waals surface area contributed by atoms with E-state index in [4.69, 9.17) is 0 Å². The van der Waals surface area contributed by atoms with Crippen LogP contribution in [0.5, 0.6) is 0 Å². The summed E-state index contributed by atoms with van der Waals surface area (Å²) < 4.78 is 0. The minimum absolute atomic E-state index is 0.192. The van der Waals surface area contributed by atoms with Crippen molar-refractivity contribution >= 4 is 11.3 Å². The van der Waals surface area contributed by atoms with Crippen molar-refractivity contribution in [2.24, 2.45) is 0 Å². The number of likely N-dealkylation sites (N-methyl/N-ethyl adjacent to an activating group) is 1. The third-order valence-electron chi connectivity index (χ3n) is 4.13. The molecule has 0 aliphatic carbocycles. The van der Waals surface area contributed by atoms with Gasteiger partial charge in [0.2, 0.25) is 0 Å². The summed E-state index contributed by atoms with van der Waals surface area (Å²) in [7, 11) is 2.08. The molecule has 2 heterocycles. The normalized spacial score (nSPS) is 19.8. The second-order valence-corrected chi connectivity index (χ2v) is 6.62. The molecule has 1 N–H and O–H groups in total. The van der Waals surface area contributed by atoms with Gasteiger partial charge >= 0.3 is 0 Å². The Kier molecular flexibility index (Phi) is 3.91. The first-order valence-corrected chi connectivity index (χ1v) is 7.41. The van der Waals surface area contributed by atoms with E-state index >= 15 is 0 Å². The predicted octanol–water partition coefficient (Wildman–Crippen LogP) is 3.19. The lowest BCUT2D eigenvalue weighted by Crippen LogP contribution is -2.50. The summed E-state index contributed by atoms with van der Waals surface area (Å²) in [5.41, 5.74) is 1.66. The summed E-state index contributed by atoms with van der Waals surface area (Å²) in [6.45, 7) is 9.46. The third-order valence-corrected chi connectivity index (χ3v) is 4.99. The van der Waals surface area contributed by atoms with E-state index in [0.717, 1.165) is 0 Å². The van der Waals surface area contributed by atoms with Crippen LogP contribution in [-0.2, 0) is 0 Å². The fraction of sp³-hybridized carbons (Fsp3) is 0.714. The van der Waals surface area contributed by atoms with Crippen LogP contribution in [0.2, 0.25) is 0 Å². The van der Waals surface area contributed by atoms with Gasteiger partial charge in [0, 0.05) is 10.4 Å². The van der Waals surface area contributed by atoms with Crippen LogP contribution in [-0.4, -0.2) is 30.6 Å². The van der Waals surface area contributed by atoms with E-state index in [2.05, 4.69) is 49.5 Å². The maximum atomic E-state index is 3.53. The van der Waals surface area contributed by atoms with Crippen LogP contribution in [0.3, 0.4) is 0 Å². The van der Waals surface area contributed by atoms with E-state index in [1.54, 1.807) is 0 Å². The molecule has 3 heteroatoms. The Labute approximate surface area is 109 Å². The number of hydrogen-bond donors (Lipinski definition) is 1. The lowest BCUT2D eigenvalue weighted by atomic mass is 9.87. The molecule has 1 fully saturated rings. The maximum Gasteiger partial charge on any atom is 0.0510 e. The van der Waals surface area contributed by atoms with Crippen LogP contribution in [0, 0.1) is 6.92 Å². The molecule has 17 heavy (non-hydrogen) atoms. The van der Waals surface area contributed by atoms with Gasteiger partial charge in [-0.25, -0.2) is 0 Å². The van der Waals surface area contributed by atoms with Gasteiger partial charge in [0.25, 0.3) is 0 Å². The summed E-state index contributed by atoms with van der Waals surface area (Å²) in [6, 6.07) is 2.70. The molecule has 96 valence electrons. The van der Waals surface area contributed by atoms with Crippen LogP contribution < -0.4 is 5.32 Å². The fourth-order valence-corrected chi connectivity index (χ4v) is 3.80. The topological polar surface area (TPSA) is 15.3 Å². The van der Waals surface area contributed by atoms with E-state index in [1.165, 1.54) is 36.4 Å². The second kappa shape index (κ2) is 5.09. The van der Waals surface area contributed by atoms with Gasteiger partial charge < -0.3 is 5.32 Å². The molecule has 0 radical (unpaired) electrons. The van der Waals surface area contributed by atoms with E-state index in [9.17, 15) is 0 Å². The summed E-state index contributed by atoms with van der Waals surface area (Å²) >= 11 is 1.85. The minimum Gasteiger partial charge on any atom is -0.311 e. The average Bonchev–Trinajstić information content (AvgIpc) is 2.91. The Hall–Kier alpha value is -0.380. The van der Waals surface area contributed by atoms with Crippen LogP contribution in [0.25, 0.3) is 0 Å². The van der Waals surface area contributed by atoms with E-state index in [1.807, 2.05) is 11.3 Å². The first kappa shape index (κ1) is 13.1. The van der Waals surface area contributed by atoms with Crippen molar-refractivity contribution < 1.29 is 0 Å². The third kappa shape index (κ3) is 2.42. The number of nitrogens with zero attached hydrogens (tertiary/aromatic N) is 1. The van der Waals surface area contributed by atoms with Crippen molar-refractivity contribution in [3.8, 4) is 0 Å². The Morgan fingerprint density at radius 1 is 1.35 bits per heavy atom. The SMILES string of the molecule is CNC(c1ccsc1C)C(C)(C)N1CCCC1. The summed E-state index contributed by atoms with van der Waals surface area (Å²) in [5.74, 6) is 0. The smallest absolute Gasteiger partial charge is 0.0510 e. The van der Waals surface area contributed by atoms with E-state index in [0.29, 0.717) is 6.04 Å². The van der Waals surface area contributed by atoms with Gasteiger partial charge in [0.05, 0.1) is 6.04 Å². The van der Waals surface area contributed by atoms with Gasteiger partial charge in [-0.2, -0.15) is 0 Å². The van der Waals surface area contributed by atoms with Gasteiger partial charge in [-0.3, -0.25) is 4.90 Å². The van der Waals surface area contributed by atoms with Gasteiger partial charge in [0.1, 0.15) is 0 Å². The highest BCUT2D eigenvalue weighted by Gasteiger charge is 2.37. The van der Waals surface area contributed by atoms with Gasteiger partial charge in [-0.1, -0.05) is 0 Å². The summed E-state index contributed by atoms with van der Waals surface area (Å²) in [5, 5.41) is 5.73. The first-order chi connectivity index (χ1) is 8.07. The first-order valence-electron chi connectivity index (χ1n) is 6.53. The zero-order chi connectivity index (χ0) is 12.5. The van der Waals surface area contributed by atoms with Crippen molar-refractivity contribution in [2.75, 3.05) is 20.1 Å². The molecule has 0 bridgehead atoms. The number of thiophene rings is 1. The standard InChI is InChI=1S/C14H24N2S/c1-11-12(7-10-17-11)13(15-4)14(2,3)16-8-5-6-9-16/h7,10,13,15H,5-6,8-9H2,1-4H3. The predicted molar refractivity (Wildman–Crippen MR) is 75.7 cm³/mol. The van der Waals surface area contributed by atoms with Crippen molar-refractivity contribution in [1.29, 1.82) is 0 Å². The molecule has 1 aliphatic rings. The molecule has 1 aromatic heterocycles. The highest BCUT2D eigenvalue weighted by molar-refractivity contribution is 7.10.